The molecule has 0 N–H and O–H groups in total. The molecule has 1 aliphatic rings. The molecular weight excluding hydrogens is 328 g/mol. The summed E-state index contributed by atoms with van der Waals surface area (Å²) < 4.78 is 11.2. The van der Waals surface area contributed by atoms with Crippen LogP contribution in [0, 0.1) is 6.92 Å². The van der Waals surface area contributed by atoms with Crippen molar-refractivity contribution < 1.29 is 9.47 Å². The quantitative estimate of drug-likeness (QED) is 0.756. The fraction of sp³-hybridized carbons (Fsp3) is 0.550. The van der Waals surface area contributed by atoms with E-state index in [2.05, 4.69) is 33.7 Å². The molecule has 1 fully saturated rings. The first-order valence-corrected chi connectivity index (χ1v) is 9.43. The van der Waals surface area contributed by atoms with Gasteiger partial charge in [-0.25, -0.2) is 15.0 Å². The summed E-state index contributed by atoms with van der Waals surface area (Å²) in [6.45, 7) is 6.24. The Labute approximate surface area is 155 Å². The van der Waals surface area contributed by atoms with Gasteiger partial charge in [-0.05, 0) is 25.8 Å². The first kappa shape index (κ1) is 18.4. The van der Waals surface area contributed by atoms with E-state index in [1.165, 1.54) is 24.1 Å². The van der Waals surface area contributed by atoms with Crippen molar-refractivity contribution >= 4 is 5.82 Å². The van der Waals surface area contributed by atoms with E-state index in [4.69, 9.17) is 9.47 Å². The van der Waals surface area contributed by atoms with Gasteiger partial charge in [0, 0.05) is 43.3 Å². The number of unbranched alkanes of at least 4 members (excludes halogenated alkanes) is 1. The summed E-state index contributed by atoms with van der Waals surface area (Å²) in [4.78, 5) is 15.6. The van der Waals surface area contributed by atoms with Gasteiger partial charge in [-0.3, -0.25) is 0 Å². The van der Waals surface area contributed by atoms with E-state index >= 15 is 0 Å². The Hall–Kier alpha value is -2.37. The smallest absolute Gasteiger partial charge is 0.213 e. The van der Waals surface area contributed by atoms with Crippen LogP contribution in [0.5, 0.6) is 11.6 Å². The minimum Gasteiger partial charge on any atom is -0.489 e. The largest absolute Gasteiger partial charge is 0.489 e. The number of aryl methyl sites for hydroxylation is 1. The number of piperidine rings is 1. The minimum absolute atomic E-state index is 0.211. The lowest BCUT2D eigenvalue weighted by atomic mass is 10.1. The van der Waals surface area contributed by atoms with E-state index in [0.717, 1.165) is 43.9 Å². The molecule has 0 spiro atoms. The molecule has 140 valence electrons. The Morgan fingerprint density at radius 2 is 1.96 bits per heavy atom. The molecule has 0 unspecified atom stereocenters. The molecule has 0 amide bonds. The zero-order valence-electron chi connectivity index (χ0n) is 15.9. The van der Waals surface area contributed by atoms with Gasteiger partial charge in [-0.15, -0.1) is 0 Å². The number of methoxy groups -OCH3 is 1. The molecule has 0 saturated carbocycles. The summed E-state index contributed by atoms with van der Waals surface area (Å²) in [6.07, 6.45) is 8.97. The lowest BCUT2D eigenvalue weighted by molar-refractivity contribution is 0.169. The number of ether oxygens (including phenoxy) is 2. The molecule has 3 rings (SSSR count). The van der Waals surface area contributed by atoms with Gasteiger partial charge in [0.2, 0.25) is 5.88 Å². The molecule has 0 bridgehead atoms. The normalized spacial score (nSPS) is 15.1. The molecule has 26 heavy (non-hydrogen) atoms. The monoisotopic (exact) mass is 356 g/mol. The van der Waals surface area contributed by atoms with Crippen molar-refractivity contribution in [3.8, 4) is 11.6 Å². The van der Waals surface area contributed by atoms with E-state index in [1.54, 1.807) is 19.6 Å². The first-order chi connectivity index (χ1) is 12.7. The van der Waals surface area contributed by atoms with Gasteiger partial charge in [-0.2, -0.15) is 0 Å². The van der Waals surface area contributed by atoms with Crippen LogP contribution in [-0.4, -0.2) is 41.3 Å². The molecule has 1 aliphatic heterocycles. The number of anilines is 1. The third-order valence-corrected chi connectivity index (χ3v) is 4.89. The van der Waals surface area contributed by atoms with Gasteiger partial charge in [0.25, 0.3) is 0 Å². The highest BCUT2D eigenvalue weighted by molar-refractivity contribution is 5.48. The Morgan fingerprint density at radius 1 is 1.15 bits per heavy atom. The fourth-order valence-corrected chi connectivity index (χ4v) is 3.33. The summed E-state index contributed by atoms with van der Waals surface area (Å²) in [5.41, 5.74) is 2.40. The van der Waals surface area contributed by atoms with E-state index in [1.807, 2.05) is 12.1 Å². The Kier molecular flexibility index (Phi) is 6.26. The maximum atomic E-state index is 6.07. The van der Waals surface area contributed by atoms with E-state index in [0.29, 0.717) is 5.88 Å². The molecule has 6 heteroatoms. The van der Waals surface area contributed by atoms with E-state index in [9.17, 15) is 0 Å². The molecule has 0 radical (unpaired) electrons. The summed E-state index contributed by atoms with van der Waals surface area (Å²) in [5.74, 6) is 2.48. The van der Waals surface area contributed by atoms with Crippen molar-refractivity contribution in [1.29, 1.82) is 0 Å². The summed E-state index contributed by atoms with van der Waals surface area (Å²) >= 11 is 0. The van der Waals surface area contributed by atoms with Crippen LogP contribution >= 0.6 is 0 Å². The van der Waals surface area contributed by atoms with Crippen LogP contribution in [-0.2, 0) is 6.42 Å². The zero-order valence-corrected chi connectivity index (χ0v) is 15.9. The zero-order chi connectivity index (χ0) is 18.4. The third-order valence-electron chi connectivity index (χ3n) is 4.89. The Bertz CT molecular complexity index is 697. The molecule has 1 saturated heterocycles. The van der Waals surface area contributed by atoms with Crippen LogP contribution < -0.4 is 14.4 Å². The maximum Gasteiger partial charge on any atom is 0.213 e. The molecular formula is C20H28N4O2. The average Bonchev–Trinajstić information content (AvgIpc) is 2.68. The first-order valence-electron chi connectivity index (χ1n) is 9.43. The van der Waals surface area contributed by atoms with Gasteiger partial charge in [0.15, 0.2) is 0 Å². The molecule has 2 aromatic rings. The van der Waals surface area contributed by atoms with E-state index < -0.39 is 0 Å². The SMILES string of the molecule is CCCCc1ncnc(N2CCC(Oc3ccc(OC)nc3)CC2)c1C. The molecule has 0 aliphatic carbocycles. The standard InChI is InChI=1S/C20H28N4O2/c1-4-5-6-18-15(2)20(23-14-22-18)24-11-9-16(10-12-24)26-17-7-8-19(25-3)21-13-17/h7-8,13-14,16H,4-6,9-12H2,1-3H3. The average molecular weight is 356 g/mol. The van der Waals surface area contributed by atoms with Crippen LogP contribution in [0.4, 0.5) is 5.82 Å². The molecule has 3 heterocycles. The minimum atomic E-state index is 0.211. The van der Waals surface area contributed by atoms with Crippen molar-refractivity contribution in [3.63, 3.8) is 0 Å². The number of nitrogens with zero attached hydrogens (tertiary/aromatic N) is 4. The number of hydrogen-bond donors (Lipinski definition) is 0. The predicted molar refractivity (Wildman–Crippen MR) is 102 cm³/mol. The highest BCUT2D eigenvalue weighted by Crippen LogP contribution is 2.25. The highest BCUT2D eigenvalue weighted by atomic mass is 16.5. The van der Waals surface area contributed by atoms with Crippen molar-refractivity contribution in [1.82, 2.24) is 15.0 Å². The fourth-order valence-electron chi connectivity index (χ4n) is 3.33. The third kappa shape index (κ3) is 4.42. The van der Waals surface area contributed by atoms with Gasteiger partial charge in [-0.1, -0.05) is 13.3 Å². The lowest BCUT2D eigenvalue weighted by Gasteiger charge is -2.33. The highest BCUT2D eigenvalue weighted by Gasteiger charge is 2.23. The lowest BCUT2D eigenvalue weighted by Crippen LogP contribution is -2.39. The van der Waals surface area contributed by atoms with Gasteiger partial charge in [0.1, 0.15) is 24.0 Å². The van der Waals surface area contributed by atoms with E-state index in [-0.39, 0.29) is 6.10 Å². The van der Waals surface area contributed by atoms with Gasteiger partial charge >= 0.3 is 0 Å². The molecule has 0 aromatic carbocycles. The molecule has 6 nitrogen and oxygen atoms in total. The number of pyridine rings is 1. The van der Waals surface area contributed by atoms with Crippen molar-refractivity contribution in [2.75, 3.05) is 25.1 Å². The van der Waals surface area contributed by atoms with Crippen molar-refractivity contribution in [2.24, 2.45) is 0 Å². The van der Waals surface area contributed by atoms with Gasteiger partial charge < -0.3 is 14.4 Å². The summed E-state index contributed by atoms with van der Waals surface area (Å²) in [6, 6.07) is 3.74. The van der Waals surface area contributed by atoms with Crippen LogP contribution in [0.25, 0.3) is 0 Å². The van der Waals surface area contributed by atoms with Crippen LogP contribution in [0.2, 0.25) is 0 Å². The Morgan fingerprint density at radius 3 is 2.62 bits per heavy atom. The second-order valence-electron chi connectivity index (χ2n) is 6.71. The van der Waals surface area contributed by atoms with Crippen LogP contribution in [0.15, 0.2) is 24.7 Å². The second-order valence-corrected chi connectivity index (χ2v) is 6.71. The molecule has 0 atom stereocenters. The van der Waals surface area contributed by atoms with Crippen molar-refractivity contribution in [2.45, 2.75) is 52.1 Å². The molecule has 2 aromatic heterocycles. The Balaban J connectivity index is 1.58. The number of hydrogen-bond acceptors (Lipinski definition) is 6. The number of rotatable bonds is 7. The van der Waals surface area contributed by atoms with Crippen molar-refractivity contribution in [3.05, 3.63) is 35.9 Å². The summed E-state index contributed by atoms with van der Waals surface area (Å²) in [7, 11) is 1.61. The second kappa shape index (κ2) is 8.83. The van der Waals surface area contributed by atoms with Gasteiger partial charge in [0.05, 0.1) is 13.3 Å². The predicted octanol–water partition coefficient (Wildman–Crippen LogP) is 3.58. The van der Waals surface area contributed by atoms with Crippen LogP contribution in [0.1, 0.15) is 43.9 Å². The maximum absolute atomic E-state index is 6.07. The topological polar surface area (TPSA) is 60.4 Å². The summed E-state index contributed by atoms with van der Waals surface area (Å²) in [5, 5.41) is 0. The number of aromatic nitrogens is 3. The van der Waals surface area contributed by atoms with Crippen LogP contribution in [0.3, 0.4) is 0 Å².